The maximum absolute atomic E-state index is 12.0. The number of halogens is 1. The summed E-state index contributed by atoms with van der Waals surface area (Å²) in [5.74, 6) is -0.326. The highest BCUT2D eigenvalue weighted by molar-refractivity contribution is 6.30. The van der Waals surface area contributed by atoms with E-state index < -0.39 is 0 Å². The highest BCUT2D eigenvalue weighted by Gasteiger charge is 2.08. The first-order valence-electron chi connectivity index (χ1n) is 8.51. The van der Waals surface area contributed by atoms with Crippen molar-refractivity contribution >= 4 is 23.4 Å². The summed E-state index contributed by atoms with van der Waals surface area (Å²) in [4.78, 5) is 24.0. The van der Waals surface area contributed by atoms with Gasteiger partial charge in [-0.3, -0.25) is 9.59 Å². The van der Waals surface area contributed by atoms with Crippen LogP contribution in [0.4, 0.5) is 0 Å². The molecule has 0 spiro atoms. The Hall–Kier alpha value is -3.12. The zero-order valence-electron chi connectivity index (χ0n) is 14.6. The third-order valence-corrected chi connectivity index (χ3v) is 4.11. The van der Waals surface area contributed by atoms with Crippen LogP contribution in [0.1, 0.15) is 15.9 Å². The summed E-state index contributed by atoms with van der Waals surface area (Å²) in [5, 5.41) is 10.4. The monoisotopic (exact) mass is 382 g/mol. The molecule has 0 atom stereocenters. The van der Waals surface area contributed by atoms with Crippen molar-refractivity contribution in [1.82, 2.24) is 20.4 Å². The predicted molar refractivity (Wildman–Crippen MR) is 104 cm³/mol. The van der Waals surface area contributed by atoms with Gasteiger partial charge in [-0.25, -0.2) is 4.68 Å². The molecule has 1 aromatic heterocycles. The number of amides is 2. The van der Waals surface area contributed by atoms with Gasteiger partial charge >= 0.3 is 0 Å². The van der Waals surface area contributed by atoms with Crippen molar-refractivity contribution < 1.29 is 9.59 Å². The van der Waals surface area contributed by atoms with Crippen LogP contribution >= 0.6 is 11.6 Å². The molecule has 2 amide bonds. The first kappa shape index (κ1) is 18.7. The third-order valence-electron chi connectivity index (χ3n) is 3.86. The van der Waals surface area contributed by atoms with Crippen LogP contribution in [0, 0.1) is 0 Å². The fourth-order valence-electron chi connectivity index (χ4n) is 2.50. The molecule has 0 saturated carbocycles. The van der Waals surface area contributed by atoms with E-state index in [2.05, 4.69) is 15.7 Å². The normalized spacial score (nSPS) is 10.4. The van der Waals surface area contributed by atoms with Gasteiger partial charge in [0.05, 0.1) is 18.3 Å². The van der Waals surface area contributed by atoms with E-state index >= 15 is 0 Å². The van der Waals surface area contributed by atoms with Gasteiger partial charge in [0.2, 0.25) is 5.91 Å². The Bertz CT molecular complexity index is 907. The fourth-order valence-corrected chi connectivity index (χ4v) is 2.63. The van der Waals surface area contributed by atoms with Gasteiger partial charge in [0.15, 0.2) is 0 Å². The molecule has 0 radical (unpaired) electrons. The number of nitrogens with zero attached hydrogens (tertiary/aromatic N) is 2. The zero-order chi connectivity index (χ0) is 19.1. The van der Waals surface area contributed by atoms with Crippen LogP contribution in [-0.2, 0) is 11.2 Å². The van der Waals surface area contributed by atoms with Crippen LogP contribution in [0.3, 0.4) is 0 Å². The molecule has 138 valence electrons. The molecule has 0 aliphatic rings. The first-order chi connectivity index (χ1) is 13.1. The van der Waals surface area contributed by atoms with Crippen LogP contribution in [0.5, 0.6) is 0 Å². The van der Waals surface area contributed by atoms with Crippen molar-refractivity contribution in [3.63, 3.8) is 0 Å². The van der Waals surface area contributed by atoms with E-state index in [1.165, 1.54) is 0 Å². The van der Waals surface area contributed by atoms with E-state index in [1.807, 2.05) is 36.5 Å². The van der Waals surface area contributed by atoms with E-state index in [0.29, 0.717) is 23.7 Å². The second-order valence-corrected chi connectivity index (χ2v) is 6.35. The largest absolute Gasteiger partial charge is 0.354 e. The van der Waals surface area contributed by atoms with Crippen LogP contribution in [0.15, 0.2) is 67.0 Å². The van der Waals surface area contributed by atoms with Gasteiger partial charge in [-0.15, -0.1) is 0 Å². The molecule has 1 heterocycles. The van der Waals surface area contributed by atoms with Gasteiger partial charge in [0.25, 0.3) is 5.91 Å². The molecule has 3 aromatic rings. The summed E-state index contributed by atoms with van der Waals surface area (Å²) in [7, 11) is 0. The number of hydrogen-bond donors (Lipinski definition) is 2. The van der Waals surface area contributed by atoms with Gasteiger partial charge < -0.3 is 10.6 Å². The highest BCUT2D eigenvalue weighted by Crippen LogP contribution is 2.09. The number of nitrogens with one attached hydrogen (secondary N) is 2. The Balaban J connectivity index is 1.40. The topological polar surface area (TPSA) is 76.0 Å². The molecule has 0 aliphatic heterocycles. The molecule has 0 unspecified atom stereocenters. The van der Waals surface area contributed by atoms with Crippen molar-refractivity contribution in [2.75, 3.05) is 13.1 Å². The lowest BCUT2D eigenvalue weighted by Gasteiger charge is -2.07. The van der Waals surface area contributed by atoms with E-state index in [9.17, 15) is 9.59 Å². The summed E-state index contributed by atoms with van der Waals surface area (Å²) < 4.78 is 1.73. The smallest absolute Gasteiger partial charge is 0.251 e. The summed E-state index contributed by atoms with van der Waals surface area (Å²) in [5.41, 5.74) is 2.29. The lowest BCUT2D eigenvalue weighted by atomic mass is 10.2. The van der Waals surface area contributed by atoms with Crippen LogP contribution in [-0.4, -0.2) is 34.7 Å². The van der Waals surface area contributed by atoms with Crippen LogP contribution < -0.4 is 10.6 Å². The second-order valence-electron chi connectivity index (χ2n) is 5.92. The molecule has 3 rings (SSSR count). The molecule has 0 fully saturated rings. The Morgan fingerprint density at radius 3 is 2.41 bits per heavy atom. The molecule has 7 heteroatoms. The molecule has 0 saturated heterocycles. The van der Waals surface area contributed by atoms with Gasteiger partial charge in [-0.1, -0.05) is 29.8 Å². The Morgan fingerprint density at radius 1 is 0.963 bits per heavy atom. The Morgan fingerprint density at radius 2 is 1.67 bits per heavy atom. The number of benzene rings is 2. The number of carbonyl (C=O) groups is 2. The average Bonchev–Trinajstić information content (AvgIpc) is 3.15. The van der Waals surface area contributed by atoms with E-state index in [0.717, 1.165) is 11.3 Å². The highest BCUT2D eigenvalue weighted by atomic mass is 35.5. The van der Waals surface area contributed by atoms with Gasteiger partial charge in [-0.2, -0.15) is 5.10 Å². The number of rotatable bonds is 7. The van der Waals surface area contributed by atoms with E-state index in [4.69, 9.17) is 11.6 Å². The fraction of sp³-hybridized carbons (Fsp3) is 0.150. The number of carbonyl (C=O) groups excluding carboxylic acids is 2. The Kier molecular flexibility index (Phi) is 6.22. The summed E-state index contributed by atoms with van der Waals surface area (Å²) in [6.07, 6.45) is 3.74. The Labute approximate surface area is 162 Å². The number of hydrogen-bond acceptors (Lipinski definition) is 3. The van der Waals surface area contributed by atoms with Crippen molar-refractivity contribution in [2.24, 2.45) is 0 Å². The third kappa shape index (κ3) is 5.43. The van der Waals surface area contributed by atoms with E-state index in [1.54, 1.807) is 35.1 Å². The summed E-state index contributed by atoms with van der Waals surface area (Å²) in [6, 6.07) is 16.3. The molecule has 2 aromatic carbocycles. The molecule has 6 nitrogen and oxygen atoms in total. The average molecular weight is 383 g/mol. The molecule has 27 heavy (non-hydrogen) atoms. The molecule has 0 aliphatic carbocycles. The van der Waals surface area contributed by atoms with E-state index in [-0.39, 0.29) is 18.2 Å². The lowest BCUT2D eigenvalue weighted by molar-refractivity contribution is -0.120. The number of para-hydroxylation sites is 1. The maximum Gasteiger partial charge on any atom is 0.251 e. The first-order valence-corrected chi connectivity index (χ1v) is 8.89. The molecular weight excluding hydrogens is 364 g/mol. The van der Waals surface area contributed by atoms with Gasteiger partial charge in [0, 0.05) is 29.9 Å². The predicted octanol–water partition coefficient (Wildman–Crippen LogP) is 2.61. The van der Waals surface area contributed by atoms with Crippen LogP contribution in [0.25, 0.3) is 5.69 Å². The minimum absolute atomic E-state index is 0.122. The summed E-state index contributed by atoms with van der Waals surface area (Å²) in [6.45, 7) is 0.696. The quantitative estimate of drug-likeness (QED) is 0.617. The second kappa shape index (κ2) is 9.00. The minimum atomic E-state index is -0.204. The van der Waals surface area contributed by atoms with Crippen LogP contribution in [0.2, 0.25) is 5.02 Å². The number of aromatic nitrogens is 2. The molecular formula is C20H19ClN4O2. The minimum Gasteiger partial charge on any atom is -0.354 e. The van der Waals surface area contributed by atoms with Crippen molar-refractivity contribution in [3.05, 3.63) is 83.1 Å². The SMILES string of the molecule is O=C(Cc1cnn(-c2ccccc2)c1)NCCNC(=O)c1ccc(Cl)cc1. The van der Waals surface area contributed by atoms with Crippen molar-refractivity contribution in [1.29, 1.82) is 0 Å². The standard InChI is InChI=1S/C20H19ClN4O2/c21-17-8-6-16(7-9-17)20(27)23-11-10-22-19(26)12-15-13-24-25(14-15)18-4-2-1-3-5-18/h1-9,13-14H,10-12H2,(H,22,26)(H,23,27). The van der Waals surface area contributed by atoms with Gasteiger partial charge in [0.1, 0.15) is 0 Å². The van der Waals surface area contributed by atoms with Crippen molar-refractivity contribution in [2.45, 2.75) is 6.42 Å². The lowest BCUT2D eigenvalue weighted by Crippen LogP contribution is -2.35. The molecule has 0 bridgehead atoms. The maximum atomic E-state index is 12.0. The van der Waals surface area contributed by atoms with Crippen molar-refractivity contribution in [3.8, 4) is 5.69 Å². The molecule has 2 N–H and O–H groups in total. The summed E-state index contributed by atoms with van der Waals surface area (Å²) >= 11 is 5.80. The zero-order valence-corrected chi connectivity index (χ0v) is 15.3. The van der Waals surface area contributed by atoms with Gasteiger partial charge in [-0.05, 0) is 42.0 Å².